The molecular formula is C15H23N3O2. The van der Waals surface area contributed by atoms with Gasteiger partial charge in [-0.25, -0.2) is 4.79 Å². The number of rotatable bonds is 4. The molecule has 2 rings (SSSR count). The van der Waals surface area contributed by atoms with Crippen LogP contribution < -0.4 is 15.4 Å². The number of carbonyl (C=O) groups excluding carboxylic acids is 1. The Kier molecular flexibility index (Phi) is 4.18. The minimum Gasteiger partial charge on any atom is -0.486 e. The first-order valence-electron chi connectivity index (χ1n) is 6.88. The van der Waals surface area contributed by atoms with E-state index in [1.807, 2.05) is 18.2 Å². The normalized spacial score (nSPS) is 19.1. The standard InChI is InChI=1S/C15H23N3O2/c1-15(2)13(11-7-5-6-8-12(11)20-15)16-9-10-17-14(19)18(3)4/h5-8,13,16H,9-10H2,1-4H3,(H,17,19). The summed E-state index contributed by atoms with van der Waals surface area (Å²) in [5, 5.41) is 6.31. The van der Waals surface area contributed by atoms with Gasteiger partial charge in [0.25, 0.3) is 0 Å². The largest absolute Gasteiger partial charge is 0.486 e. The number of hydrogen-bond acceptors (Lipinski definition) is 3. The van der Waals surface area contributed by atoms with Crippen LogP contribution in [-0.4, -0.2) is 43.7 Å². The highest BCUT2D eigenvalue weighted by molar-refractivity contribution is 5.73. The zero-order valence-electron chi connectivity index (χ0n) is 12.6. The Balaban J connectivity index is 1.91. The van der Waals surface area contributed by atoms with Gasteiger partial charge in [0.2, 0.25) is 0 Å². The van der Waals surface area contributed by atoms with E-state index in [9.17, 15) is 4.79 Å². The Morgan fingerprint density at radius 2 is 2.00 bits per heavy atom. The molecule has 1 aliphatic rings. The van der Waals surface area contributed by atoms with Crippen LogP contribution in [0.15, 0.2) is 24.3 Å². The highest BCUT2D eigenvalue weighted by atomic mass is 16.5. The SMILES string of the molecule is CN(C)C(=O)NCCNC1c2ccccc2OC1(C)C. The molecule has 1 aliphatic heterocycles. The van der Waals surface area contributed by atoms with Crippen molar-refractivity contribution in [3.63, 3.8) is 0 Å². The third kappa shape index (κ3) is 3.04. The van der Waals surface area contributed by atoms with E-state index in [-0.39, 0.29) is 17.7 Å². The number of amides is 2. The molecule has 1 heterocycles. The third-order valence-corrected chi connectivity index (χ3v) is 3.45. The molecule has 110 valence electrons. The molecule has 1 atom stereocenters. The zero-order chi connectivity index (χ0) is 14.8. The lowest BCUT2D eigenvalue weighted by Crippen LogP contribution is -2.43. The molecule has 0 bridgehead atoms. The summed E-state index contributed by atoms with van der Waals surface area (Å²) in [6.07, 6.45) is 0. The first-order valence-corrected chi connectivity index (χ1v) is 6.88. The van der Waals surface area contributed by atoms with Crippen LogP contribution in [0.25, 0.3) is 0 Å². The molecule has 0 saturated heterocycles. The number of fused-ring (bicyclic) bond motifs is 1. The van der Waals surface area contributed by atoms with Gasteiger partial charge in [0, 0.05) is 32.7 Å². The van der Waals surface area contributed by atoms with Gasteiger partial charge in [-0.05, 0) is 19.9 Å². The van der Waals surface area contributed by atoms with Gasteiger partial charge < -0.3 is 20.3 Å². The van der Waals surface area contributed by atoms with E-state index in [1.165, 1.54) is 10.5 Å². The maximum absolute atomic E-state index is 11.4. The Morgan fingerprint density at radius 1 is 1.30 bits per heavy atom. The van der Waals surface area contributed by atoms with Crippen LogP contribution in [0.4, 0.5) is 4.79 Å². The molecule has 1 unspecified atom stereocenters. The van der Waals surface area contributed by atoms with Gasteiger partial charge in [0.1, 0.15) is 11.4 Å². The topological polar surface area (TPSA) is 53.6 Å². The van der Waals surface area contributed by atoms with Crippen LogP contribution in [0.2, 0.25) is 0 Å². The van der Waals surface area contributed by atoms with E-state index in [0.29, 0.717) is 13.1 Å². The van der Waals surface area contributed by atoms with E-state index in [0.717, 1.165) is 5.75 Å². The minimum atomic E-state index is -0.282. The number of nitrogens with one attached hydrogen (secondary N) is 2. The molecule has 0 fully saturated rings. The van der Waals surface area contributed by atoms with Crippen molar-refractivity contribution in [1.29, 1.82) is 0 Å². The van der Waals surface area contributed by atoms with Crippen molar-refractivity contribution in [2.45, 2.75) is 25.5 Å². The Bertz CT molecular complexity index is 486. The fourth-order valence-electron chi connectivity index (χ4n) is 2.43. The molecule has 2 amide bonds. The predicted molar refractivity (Wildman–Crippen MR) is 79.0 cm³/mol. The number of para-hydroxylation sites is 1. The van der Waals surface area contributed by atoms with Gasteiger partial charge in [0.05, 0.1) is 6.04 Å². The fraction of sp³-hybridized carbons (Fsp3) is 0.533. The number of ether oxygens (including phenoxy) is 1. The molecular weight excluding hydrogens is 254 g/mol. The lowest BCUT2D eigenvalue weighted by molar-refractivity contribution is 0.0968. The molecule has 5 heteroatoms. The predicted octanol–water partition coefficient (Wildman–Crippen LogP) is 1.76. The Morgan fingerprint density at radius 3 is 2.70 bits per heavy atom. The van der Waals surface area contributed by atoms with E-state index in [2.05, 4.69) is 30.5 Å². The van der Waals surface area contributed by atoms with Gasteiger partial charge in [-0.1, -0.05) is 18.2 Å². The number of nitrogens with zero attached hydrogens (tertiary/aromatic N) is 1. The van der Waals surface area contributed by atoms with Gasteiger partial charge in [-0.3, -0.25) is 0 Å². The van der Waals surface area contributed by atoms with Crippen LogP contribution in [0, 0.1) is 0 Å². The smallest absolute Gasteiger partial charge is 0.316 e. The van der Waals surface area contributed by atoms with Gasteiger partial charge in [-0.15, -0.1) is 0 Å². The second kappa shape index (κ2) is 5.71. The van der Waals surface area contributed by atoms with Crippen LogP contribution in [0.1, 0.15) is 25.5 Å². The molecule has 0 aliphatic carbocycles. The molecule has 20 heavy (non-hydrogen) atoms. The molecule has 0 radical (unpaired) electrons. The average molecular weight is 277 g/mol. The van der Waals surface area contributed by atoms with Gasteiger partial charge in [0.15, 0.2) is 0 Å². The van der Waals surface area contributed by atoms with Gasteiger partial charge in [-0.2, -0.15) is 0 Å². The van der Waals surface area contributed by atoms with Crippen LogP contribution in [0.3, 0.4) is 0 Å². The van der Waals surface area contributed by atoms with E-state index >= 15 is 0 Å². The maximum atomic E-state index is 11.4. The summed E-state index contributed by atoms with van der Waals surface area (Å²) in [4.78, 5) is 13.0. The van der Waals surface area contributed by atoms with E-state index < -0.39 is 0 Å². The summed E-state index contributed by atoms with van der Waals surface area (Å²) in [7, 11) is 3.46. The second-order valence-corrected chi connectivity index (χ2v) is 5.76. The molecule has 1 aromatic rings. The monoisotopic (exact) mass is 277 g/mol. The summed E-state index contributed by atoms with van der Waals surface area (Å²) < 4.78 is 5.97. The Hall–Kier alpha value is -1.75. The third-order valence-electron chi connectivity index (χ3n) is 3.45. The van der Waals surface area contributed by atoms with E-state index in [1.54, 1.807) is 14.1 Å². The highest BCUT2D eigenvalue weighted by Gasteiger charge is 2.40. The van der Waals surface area contributed by atoms with Crippen molar-refractivity contribution in [3.05, 3.63) is 29.8 Å². The number of carbonyl (C=O) groups is 1. The number of urea groups is 1. The summed E-state index contributed by atoms with van der Waals surface area (Å²) in [5.41, 5.74) is 0.895. The number of hydrogen-bond donors (Lipinski definition) is 2. The lowest BCUT2D eigenvalue weighted by Gasteiger charge is -2.27. The van der Waals surface area contributed by atoms with E-state index in [4.69, 9.17) is 4.74 Å². The molecule has 0 aromatic heterocycles. The quantitative estimate of drug-likeness (QED) is 0.825. The van der Waals surface area contributed by atoms with Crippen molar-refractivity contribution >= 4 is 6.03 Å². The second-order valence-electron chi connectivity index (χ2n) is 5.76. The van der Waals surface area contributed by atoms with Crippen molar-refractivity contribution in [2.24, 2.45) is 0 Å². The zero-order valence-corrected chi connectivity index (χ0v) is 12.6. The van der Waals surface area contributed by atoms with Crippen LogP contribution in [-0.2, 0) is 0 Å². The molecule has 0 saturated carbocycles. The van der Waals surface area contributed by atoms with Crippen molar-refractivity contribution in [1.82, 2.24) is 15.5 Å². The van der Waals surface area contributed by atoms with Gasteiger partial charge >= 0.3 is 6.03 Å². The Labute approximate surface area is 120 Å². The fourth-order valence-corrected chi connectivity index (χ4v) is 2.43. The average Bonchev–Trinajstić information content (AvgIpc) is 2.64. The highest BCUT2D eigenvalue weighted by Crippen LogP contribution is 2.42. The number of benzene rings is 1. The first kappa shape index (κ1) is 14.7. The van der Waals surface area contributed by atoms with Crippen LogP contribution >= 0.6 is 0 Å². The molecule has 2 N–H and O–H groups in total. The first-order chi connectivity index (χ1) is 9.42. The molecule has 5 nitrogen and oxygen atoms in total. The summed E-state index contributed by atoms with van der Waals surface area (Å²) in [6.45, 7) is 5.43. The summed E-state index contributed by atoms with van der Waals surface area (Å²) in [6, 6.07) is 8.14. The maximum Gasteiger partial charge on any atom is 0.316 e. The molecule has 1 aromatic carbocycles. The molecule has 0 spiro atoms. The van der Waals surface area contributed by atoms with Crippen molar-refractivity contribution < 1.29 is 9.53 Å². The van der Waals surface area contributed by atoms with Crippen molar-refractivity contribution in [3.8, 4) is 5.75 Å². The summed E-state index contributed by atoms with van der Waals surface area (Å²) in [5.74, 6) is 0.937. The van der Waals surface area contributed by atoms with Crippen LogP contribution in [0.5, 0.6) is 5.75 Å². The lowest BCUT2D eigenvalue weighted by atomic mass is 9.94. The van der Waals surface area contributed by atoms with Crippen molar-refractivity contribution in [2.75, 3.05) is 27.2 Å². The summed E-state index contributed by atoms with van der Waals surface area (Å²) >= 11 is 0. The minimum absolute atomic E-state index is 0.0749.